The second-order valence-electron chi connectivity index (χ2n) is 7.37. The molecule has 7 heteroatoms. The lowest BCUT2D eigenvalue weighted by molar-refractivity contribution is 0.269. The molecule has 176 valence electrons. The van der Waals surface area contributed by atoms with Crippen molar-refractivity contribution in [2.45, 2.75) is 26.5 Å². The van der Waals surface area contributed by atoms with Gasteiger partial charge in [0.25, 0.3) is 0 Å². The lowest BCUT2D eigenvalue weighted by Crippen LogP contribution is -2.16. The normalized spacial score (nSPS) is 10.7. The molecule has 0 radical (unpaired) electrons. The van der Waals surface area contributed by atoms with Crippen molar-refractivity contribution in [2.75, 3.05) is 27.4 Å². The van der Waals surface area contributed by atoms with Gasteiger partial charge in [0.1, 0.15) is 6.61 Å². The summed E-state index contributed by atoms with van der Waals surface area (Å²) in [7, 11) is 3.28. The summed E-state index contributed by atoms with van der Waals surface area (Å²) in [5.74, 6) is 2.89. The van der Waals surface area contributed by atoms with Gasteiger partial charge < -0.3 is 24.3 Å². The molecular formula is C26H29Cl2NO4. The Balaban J connectivity index is 1.55. The van der Waals surface area contributed by atoms with Crippen molar-refractivity contribution in [3.8, 4) is 23.0 Å². The van der Waals surface area contributed by atoms with E-state index in [1.54, 1.807) is 26.4 Å². The smallest absolute Gasteiger partial charge is 0.161 e. The summed E-state index contributed by atoms with van der Waals surface area (Å²) in [6.45, 7) is 4.44. The first-order chi connectivity index (χ1) is 16.0. The first-order valence-corrected chi connectivity index (χ1v) is 11.5. The largest absolute Gasteiger partial charge is 0.493 e. The number of halogens is 2. The van der Waals surface area contributed by atoms with Crippen molar-refractivity contribution in [3.63, 3.8) is 0 Å². The Morgan fingerprint density at radius 1 is 0.697 bits per heavy atom. The molecule has 0 atom stereocenters. The molecule has 0 aliphatic carbocycles. The molecule has 1 N–H and O–H groups in total. The zero-order valence-corrected chi connectivity index (χ0v) is 20.6. The van der Waals surface area contributed by atoms with Gasteiger partial charge in [-0.05, 0) is 73.0 Å². The highest BCUT2D eigenvalue weighted by molar-refractivity contribution is 6.42. The monoisotopic (exact) mass is 489 g/mol. The Morgan fingerprint density at radius 3 is 2.12 bits per heavy atom. The molecular weight excluding hydrogens is 461 g/mol. The average Bonchev–Trinajstić information content (AvgIpc) is 2.83. The molecule has 3 aromatic rings. The molecule has 0 amide bonds. The minimum Gasteiger partial charge on any atom is -0.493 e. The van der Waals surface area contributed by atoms with Crippen LogP contribution in [0.4, 0.5) is 0 Å². The van der Waals surface area contributed by atoms with Gasteiger partial charge >= 0.3 is 0 Å². The standard InChI is InChI=1S/C26H29Cl2NO4/c1-4-32-26-15-19(7-10-24(26)33-17-20-5-8-21(27)22(28)13-20)16-29-12-11-18-6-9-23(30-2)25(14-18)31-3/h5-10,13-15,29H,4,11-12,16-17H2,1-3H3. The van der Waals surface area contributed by atoms with Crippen LogP contribution in [0.25, 0.3) is 0 Å². The Morgan fingerprint density at radius 2 is 1.39 bits per heavy atom. The number of methoxy groups -OCH3 is 2. The lowest BCUT2D eigenvalue weighted by atomic mass is 10.1. The third-order valence-electron chi connectivity index (χ3n) is 5.05. The molecule has 33 heavy (non-hydrogen) atoms. The molecule has 0 aliphatic heterocycles. The van der Waals surface area contributed by atoms with Gasteiger partial charge in [-0.25, -0.2) is 0 Å². The van der Waals surface area contributed by atoms with E-state index in [0.29, 0.717) is 29.0 Å². The SMILES string of the molecule is CCOc1cc(CNCCc2ccc(OC)c(OC)c2)ccc1OCc1ccc(Cl)c(Cl)c1. The van der Waals surface area contributed by atoms with Crippen LogP contribution in [-0.2, 0) is 19.6 Å². The fraction of sp³-hybridized carbons (Fsp3) is 0.308. The van der Waals surface area contributed by atoms with Crippen molar-refractivity contribution in [1.29, 1.82) is 0 Å². The van der Waals surface area contributed by atoms with Crippen LogP contribution < -0.4 is 24.3 Å². The van der Waals surface area contributed by atoms with Crippen molar-refractivity contribution in [3.05, 3.63) is 81.3 Å². The third kappa shape index (κ3) is 7.19. The molecule has 0 heterocycles. The maximum atomic E-state index is 6.09. The summed E-state index contributed by atoms with van der Waals surface area (Å²) >= 11 is 12.1. The van der Waals surface area contributed by atoms with E-state index in [9.17, 15) is 0 Å². The van der Waals surface area contributed by atoms with Crippen molar-refractivity contribution in [1.82, 2.24) is 5.32 Å². The summed E-state index contributed by atoms with van der Waals surface area (Å²) in [5.41, 5.74) is 3.24. The minimum atomic E-state index is 0.375. The van der Waals surface area contributed by atoms with Crippen LogP contribution in [-0.4, -0.2) is 27.4 Å². The Hall–Kier alpha value is -2.60. The zero-order valence-electron chi connectivity index (χ0n) is 19.1. The predicted molar refractivity (Wildman–Crippen MR) is 133 cm³/mol. The number of benzene rings is 3. The first-order valence-electron chi connectivity index (χ1n) is 10.8. The van der Waals surface area contributed by atoms with E-state index in [2.05, 4.69) is 11.4 Å². The predicted octanol–water partition coefficient (Wildman–Crippen LogP) is 6.32. The van der Waals surface area contributed by atoms with Gasteiger partial charge in [-0.3, -0.25) is 0 Å². The van der Waals surface area contributed by atoms with Crippen LogP contribution in [0.1, 0.15) is 23.6 Å². The summed E-state index contributed by atoms with van der Waals surface area (Å²) in [5, 5.41) is 4.52. The van der Waals surface area contributed by atoms with Gasteiger partial charge in [0.15, 0.2) is 23.0 Å². The van der Waals surface area contributed by atoms with Crippen molar-refractivity contribution < 1.29 is 18.9 Å². The maximum absolute atomic E-state index is 6.09. The fourth-order valence-electron chi connectivity index (χ4n) is 3.34. The minimum absolute atomic E-state index is 0.375. The van der Waals surface area contributed by atoms with Crippen molar-refractivity contribution >= 4 is 23.2 Å². The lowest BCUT2D eigenvalue weighted by Gasteiger charge is -2.14. The van der Waals surface area contributed by atoms with Crippen LogP contribution in [0.3, 0.4) is 0 Å². The molecule has 0 unspecified atom stereocenters. The van der Waals surface area contributed by atoms with Crippen LogP contribution in [0.2, 0.25) is 10.0 Å². The Labute approximate surface area is 205 Å². The van der Waals surface area contributed by atoms with E-state index in [1.807, 2.05) is 43.3 Å². The van der Waals surface area contributed by atoms with Crippen LogP contribution in [0, 0.1) is 0 Å². The summed E-state index contributed by atoms with van der Waals surface area (Å²) in [4.78, 5) is 0. The molecule has 5 nitrogen and oxygen atoms in total. The molecule has 0 bridgehead atoms. The van der Waals surface area contributed by atoms with Gasteiger partial charge in [0.05, 0.1) is 30.9 Å². The van der Waals surface area contributed by atoms with E-state index >= 15 is 0 Å². The quantitative estimate of drug-likeness (QED) is 0.301. The zero-order chi connectivity index (χ0) is 23.6. The number of nitrogens with one attached hydrogen (secondary N) is 1. The van der Waals surface area contributed by atoms with Gasteiger partial charge in [0, 0.05) is 6.54 Å². The molecule has 3 rings (SSSR count). The topological polar surface area (TPSA) is 49.0 Å². The number of hydrogen-bond acceptors (Lipinski definition) is 5. The maximum Gasteiger partial charge on any atom is 0.161 e. The molecule has 0 saturated heterocycles. The summed E-state index contributed by atoms with van der Waals surface area (Å²) in [6, 6.07) is 17.4. The van der Waals surface area contributed by atoms with E-state index in [4.69, 9.17) is 42.1 Å². The number of hydrogen-bond donors (Lipinski definition) is 1. The second-order valence-corrected chi connectivity index (χ2v) is 8.18. The van der Waals surface area contributed by atoms with Gasteiger partial charge in [-0.2, -0.15) is 0 Å². The fourth-order valence-corrected chi connectivity index (χ4v) is 3.66. The highest BCUT2D eigenvalue weighted by atomic mass is 35.5. The molecule has 0 aromatic heterocycles. The summed E-state index contributed by atoms with van der Waals surface area (Å²) < 4.78 is 22.5. The van der Waals surface area contributed by atoms with Gasteiger partial charge in [0.2, 0.25) is 0 Å². The van der Waals surface area contributed by atoms with Crippen LogP contribution in [0.15, 0.2) is 54.6 Å². The number of rotatable bonds is 12. The van der Waals surface area contributed by atoms with Crippen molar-refractivity contribution in [2.24, 2.45) is 0 Å². The molecule has 0 fully saturated rings. The average molecular weight is 490 g/mol. The van der Waals surface area contributed by atoms with Gasteiger partial charge in [-0.15, -0.1) is 0 Å². The van der Waals surface area contributed by atoms with E-state index in [-0.39, 0.29) is 0 Å². The van der Waals surface area contributed by atoms with E-state index in [1.165, 1.54) is 5.56 Å². The molecule has 0 spiro atoms. The molecule has 0 saturated carbocycles. The Bertz CT molecular complexity index is 1060. The van der Waals surface area contributed by atoms with E-state index < -0.39 is 0 Å². The van der Waals surface area contributed by atoms with E-state index in [0.717, 1.165) is 47.9 Å². The highest BCUT2D eigenvalue weighted by Gasteiger charge is 2.09. The second kappa shape index (κ2) is 12.6. The third-order valence-corrected chi connectivity index (χ3v) is 5.79. The Kier molecular flexibility index (Phi) is 9.55. The highest BCUT2D eigenvalue weighted by Crippen LogP contribution is 2.30. The van der Waals surface area contributed by atoms with Crippen LogP contribution >= 0.6 is 23.2 Å². The first kappa shape index (κ1) is 25.0. The molecule has 3 aromatic carbocycles. The molecule has 0 aliphatic rings. The summed E-state index contributed by atoms with van der Waals surface area (Å²) in [6.07, 6.45) is 0.878. The number of ether oxygens (including phenoxy) is 4. The van der Waals surface area contributed by atoms with Crippen LogP contribution in [0.5, 0.6) is 23.0 Å². The van der Waals surface area contributed by atoms with Gasteiger partial charge in [-0.1, -0.05) is 41.4 Å².